The van der Waals surface area contributed by atoms with Crippen molar-refractivity contribution >= 4 is 17.7 Å². The summed E-state index contributed by atoms with van der Waals surface area (Å²) in [6, 6.07) is 12.1. The lowest BCUT2D eigenvalue weighted by molar-refractivity contribution is 0.0997. The minimum atomic E-state index is -0.689. The minimum Gasteiger partial charge on any atom is -0.494 e. The topological polar surface area (TPSA) is 90.7 Å². The summed E-state index contributed by atoms with van der Waals surface area (Å²) in [5.74, 6) is -0.0333. The number of carbonyl (C=O) groups excluding carboxylic acids is 2. The number of benzene rings is 2. The van der Waals surface area contributed by atoms with Gasteiger partial charge in [0.25, 0.3) is 5.91 Å². The lowest BCUT2D eigenvalue weighted by atomic mass is 9.85. The highest BCUT2D eigenvalue weighted by atomic mass is 16.6. The van der Waals surface area contributed by atoms with Gasteiger partial charge in [-0.3, -0.25) is 10.1 Å². The van der Waals surface area contributed by atoms with Crippen LogP contribution in [0.3, 0.4) is 0 Å². The number of nitrogens with two attached hydrogens (primary N) is 1. The van der Waals surface area contributed by atoms with Crippen molar-refractivity contribution in [3.63, 3.8) is 0 Å². The highest BCUT2D eigenvalue weighted by Crippen LogP contribution is 2.35. The molecule has 2 amide bonds. The van der Waals surface area contributed by atoms with Crippen LogP contribution in [0.5, 0.6) is 11.5 Å². The molecule has 0 saturated carbocycles. The van der Waals surface area contributed by atoms with Gasteiger partial charge in [0.1, 0.15) is 5.75 Å². The fourth-order valence-corrected chi connectivity index (χ4v) is 2.29. The third-order valence-electron chi connectivity index (χ3n) is 3.62. The van der Waals surface area contributed by atoms with E-state index < -0.39 is 12.0 Å². The van der Waals surface area contributed by atoms with Crippen molar-refractivity contribution in [1.29, 1.82) is 0 Å². The molecule has 3 N–H and O–H groups in total. The number of para-hydroxylation sites is 1. The summed E-state index contributed by atoms with van der Waals surface area (Å²) in [5.41, 5.74) is 6.56. The van der Waals surface area contributed by atoms with E-state index in [9.17, 15) is 9.59 Å². The van der Waals surface area contributed by atoms with Crippen LogP contribution < -0.4 is 20.5 Å². The van der Waals surface area contributed by atoms with E-state index >= 15 is 0 Å². The summed E-state index contributed by atoms with van der Waals surface area (Å²) < 4.78 is 10.5. The molecule has 0 aliphatic heterocycles. The Balaban J connectivity index is 2.39. The molecule has 0 spiro atoms. The predicted octanol–water partition coefficient (Wildman–Crippen LogP) is 3.70. The first kappa shape index (κ1) is 18.3. The second-order valence-corrected chi connectivity index (χ2v) is 6.55. The summed E-state index contributed by atoms with van der Waals surface area (Å²) >= 11 is 0. The van der Waals surface area contributed by atoms with Gasteiger partial charge in [0, 0.05) is 0 Å². The fourth-order valence-electron chi connectivity index (χ4n) is 2.29. The Kier molecular flexibility index (Phi) is 5.32. The maximum Gasteiger partial charge on any atom is 0.417 e. The first-order chi connectivity index (χ1) is 11.7. The predicted molar refractivity (Wildman–Crippen MR) is 96.3 cm³/mol. The number of primary amides is 1. The SMILES string of the molecule is COc1c(NC(=O)Oc2ccccc2)cc(C(C)(C)C)cc1C(N)=O. The van der Waals surface area contributed by atoms with Gasteiger partial charge in [0.05, 0.1) is 18.4 Å². The fraction of sp³-hybridized carbons (Fsp3) is 0.263. The summed E-state index contributed by atoms with van der Waals surface area (Å²) in [4.78, 5) is 24.0. The molecule has 2 aromatic carbocycles. The van der Waals surface area contributed by atoms with E-state index in [2.05, 4.69) is 5.32 Å². The molecule has 0 bridgehead atoms. The number of ether oxygens (including phenoxy) is 2. The van der Waals surface area contributed by atoms with Crippen molar-refractivity contribution in [1.82, 2.24) is 0 Å². The van der Waals surface area contributed by atoms with Gasteiger partial charge in [0.15, 0.2) is 5.75 Å². The van der Waals surface area contributed by atoms with Gasteiger partial charge in [-0.2, -0.15) is 0 Å². The maximum absolute atomic E-state index is 12.2. The quantitative estimate of drug-likeness (QED) is 0.886. The highest BCUT2D eigenvalue weighted by molar-refractivity contribution is 6.00. The summed E-state index contributed by atoms with van der Waals surface area (Å²) in [6.07, 6.45) is -0.689. The van der Waals surface area contributed by atoms with E-state index in [1.165, 1.54) is 7.11 Å². The molecule has 6 nitrogen and oxygen atoms in total. The largest absolute Gasteiger partial charge is 0.494 e. The Hall–Kier alpha value is -3.02. The number of rotatable bonds is 4. The zero-order chi connectivity index (χ0) is 18.6. The summed E-state index contributed by atoms with van der Waals surface area (Å²) in [6.45, 7) is 5.98. The minimum absolute atomic E-state index is 0.199. The van der Waals surface area contributed by atoms with E-state index in [0.717, 1.165) is 5.56 Å². The van der Waals surface area contributed by atoms with E-state index in [1.807, 2.05) is 26.8 Å². The zero-order valence-electron chi connectivity index (χ0n) is 14.8. The molecular weight excluding hydrogens is 320 g/mol. The maximum atomic E-state index is 12.2. The van der Waals surface area contributed by atoms with Crippen molar-refractivity contribution in [2.75, 3.05) is 12.4 Å². The van der Waals surface area contributed by atoms with Crippen LogP contribution in [0.2, 0.25) is 0 Å². The van der Waals surface area contributed by atoms with Gasteiger partial charge in [-0.15, -0.1) is 0 Å². The number of amides is 2. The Labute approximate surface area is 146 Å². The van der Waals surface area contributed by atoms with Gasteiger partial charge < -0.3 is 15.2 Å². The zero-order valence-corrected chi connectivity index (χ0v) is 14.8. The lowest BCUT2D eigenvalue weighted by Crippen LogP contribution is -2.21. The van der Waals surface area contributed by atoms with Crippen LogP contribution in [0.25, 0.3) is 0 Å². The highest BCUT2D eigenvalue weighted by Gasteiger charge is 2.23. The van der Waals surface area contributed by atoms with Crippen molar-refractivity contribution in [3.05, 3.63) is 53.6 Å². The Bertz CT molecular complexity index is 780. The molecule has 0 radical (unpaired) electrons. The second kappa shape index (κ2) is 7.25. The number of anilines is 1. The van der Waals surface area contributed by atoms with Crippen molar-refractivity contribution in [3.8, 4) is 11.5 Å². The molecule has 0 saturated heterocycles. The molecule has 0 aliphatic rings. The number of carbonyl (C=O) groups is 2. The summed E-state index contributed by atoms with van der Waals surface area (Å²) in [7, 11) is 1.41. The van der Waals surface area contributed by atoms with Crippen LogP contribution in [0.4, 0.5) is 10.5 Å². The van der Waals surface area contributed by atoms with Crippen LogP contribution in [0.15, 0.2) is 42.5 Å². The van der Waals surface area contributed by atoms with Crippen LogP contribution in [-0.4, -0.2) is 19.1 Å². The first-order valence-electron chi connectivity index (χ1n) is 7.78. The van der Waals surface area contributed by atoms with Crippen LogP contribution in [0, 0.1) is 0 Å². The lowest BCUT2D eigenvalue weighted by Gasteiger charge is -2.23. The van der Waals surface area contributed by atoms with Gasteiger partial charge >= 0.3 is 6.09 Å². The van der Waals surface area contributed by atoms with Crippen LogP contribution in [0.1, 0.15) is 36.7 Å². The molecule has 0 unspecified atom stereocenters. The average Bonchev–Trinajstić information content (AvgIpc) is 2.53. The molecule has 2 rings (SSSR count). The van der Waals surface area contributed by atoms with Gasteiger partial charge in [-0.1, -0.05) is 39.0 Å². The van der Waals surface area contributed by atoms with E-state index in [4.69, 9.17) is 15.2 Å². The monoisotopic (exact) mass is 342 g/mol. The Morgan fingerprint density at radius 1 is 1.08 bits per heavy atom. The van der Waals surface area contributed by atoms with E-state index in [-0.39, 0.29) is 16.7 Å². The standard InChI is InChI=1S/C19H22N2O4/c1-19(2,3)12-10-14(17(20)22)16(24-4)15(11-12)21-18(23)25-13-8-6-5-7-9-13/h5-11H,1-4H3,(H2,20,22)(H,21,23). The normalized spacial score (nSPS) is 10.9. The van der Waals surface area contributed by atoms with Gasteiger partial charge in [-0.25, -0.2) is 4.79 Å². The third-order valence-corrected chi connectivity index (χ3v) is 3.62. The number of methoxy groups -OCH3 is 1. The van der Waals surface area contributed by atoms with Crippen molar-refractivity contribution < 1.29 is 19.1 Å². The van der Waals surface area contributed by atoms with E-state index in [1.54, 1.807) is 36.4 Å². The first-order valence-corrected chi connectivity index (χ1v) is 7.78. The Morgan fingerprint density at radius 3 is 2.24 bits per heavy atom. The average molecular weight is 342 g/mol. The molecule has 132 valence electrons. The number of hydrogen-bond donors (Lipinski definition) is 2. The number of hydrogen-bond acceptors (Lipinski definition) is 4. The smallest absolute Gasteiger partial charge is 0.417 e. The van der Waals surface area contributed by atoms with Gasteiger partial charge in [-0.05, 0) is 35.2 Å². The molecule has 6 heteroatoms. The molecule has 0 aromatic heterocycles. The second-order valence-electron chi connectivity index (χ2n) is 6.55. The number of nitrogens with one attached hydrogen (secondary N) is 1. The molecule has 25 heavy (non-hydrogen) atoms. The van der Waals surface area contributed by atoms with Crippen LogP contribution in [-0.2, 0) is 5.41 Å². The van der Waals surface area contributed by atoms with Gasteiger partial charge in [0.2, 0.25) is 0 Å². The van der Waals surface area contributed by atoms with Crippen molar-refractivity contribution in [2.45, 2.75) is 26.2 Å². The molecule has 0 fully saturated rings. The Morgan fingerprint density at radius 2 is 1.72 bits per heavy atom. The molecule has 0 atom stereocenters. The molecule has 0 heterocycles. The van der Waals surface area contributed by atoms with Crippen LogP contribution >= 0.6 is 0 Å². The van der Waals surface area contributed by atoms with Crippen molar-refractivity contribution in [2.24, 2.45) is 5.73 Å². The third kappa shape index (κ3) is 4.50. The summed E-state index contributed by atoms with van der Waals surface area (Å²) in [5, 5.41) is 2.62. The molecule has 0 aliphatic carbocycles. The molecule has 2 aromatic rings. The molecular formula is C19H22N2O4. The van der Waals surface area contributed by atoms with E-state index in [0.29, 0.717) is 11.4 Å².